The summed E-state index contributed by atoms with van der Waals surface area (Å²) in [6.07, 6.45) is 1.85. The van der Waals surface area contributed by atoms with Gasteiger partial charge in [-0.2, -0.15) is 0 Å². The highest BCUT2D eigenvalue weighted by Crippen LogP contribution is 2.19. The maximum Gasteiger partial charge on any atom is 0.194 e. The lowest BCUT2D eigenvalue weighted by molar-refractivity contribution is 0.122. The van der Waals surface area contributed by atoms with Crippen molar-refractivity contribution in [2.75, 3.05) is 44.8 Å². The Labute approximate surface area is 165 Å². The average Bonchev–Trinajstić information content (AvgIpc) is 3.10. The molecule has 2 aromatic rings. The van der Waals surface area contributed by atoms with Crippen molar-refractivity contribution in [2.45, 2.75) is 26.9 Å². The van der Waals surface area contributed by atoms with E-state index < -0.39 is 0 Å². The molecule has 1 N–H and O–H groups in total. The molecule has 8 heteroatoms. The van der Waals surface area contributed by atoms with Crippen LogP contribution >= 0.6 is 11.3 Å². The van der Waals surface area contributed by atoms with E-state index in [1.807, 2.05) is 26.2 Å². The van der Waals surface area contributed by atoms with Crippen LogP contribution in [0.1, 0.15) is 23.2 Å². The SMILES string of the molecule is CCNC(=NCc1cccnc1N1CCOCC1)N(C)Cc1csc(C)n1. The van der Waals surface area contributed by atoms with Crippen LogP contribution in [0.25, 0.3) is 0 Å². The van der Waals surface area contributed by atoms with E-state index in [9.17, 15) is 0 Å². The molecule has 0 radical (unpaired) electrons. The maximum absolute atomic E-state index is 5.46. The fourth-order valence-corrected chi connectivity index (χ4v) is 3.65. The van der Waals surface area contributed by atoms with Gasteiger partial charge in [-0.25, -0.2) is 15.0 Å². The second-order valence-electron chi connectivity index (χ2n) is 6.47. The summed E-state index contributed by atoms with van der Waals surface area (Å²) in [5.41, 5.74) is 2.20. The van der Waals surface area contributed by atoms with Crippen molar-refractivity contribution < 1.29 is 4.74 Å². The normalized spacial score (nSPS) is 15.1. The topological polar surface area (TPSA) is 65.9 Å². The number of nitrogens with zero attached hydrogens (tertiary/aromatic N) is 5. The van der Waals surface area contributed by atoms with E-state index in [0.717, 1.165) is 67.4 Å². The molecule has 0 aromatic carbocycles. The number of anilines is 1. The Morgan fingerprint density at radius 2 is 2.22 bits per heavy atom. The Morgan fingerprint density at radius 1 is 1.41 bits per heavy atom. The molecule has 27 heavy (non-hydrogen) atoms. The van der Waals surface area contributed by atoms with Gasteiger partial charge in [0.25, 0.3) is 0 Å². The first-order chi connectivity index (χ1) is 13.2. The standard InChI is InChI=1S/C19H28N6OS/c1-4-20-19(24(3)13-17-14-27-15(2)23-17)22-12-16-6-5-7-21-18(16)25-8-10-26-11-9-25/h5-7,14H,4,8-13H2,1-3H3,(H,20,22). The van der Waals surface area contributed by atoms with Crippen LogP contribution in [0.5, 0.6) is 0 Å². The summed E-state index contributed by atoms with van der Waals surface area (Å²) in [6, 6.07) is 4.08. The Bertz CT molecular complexity index is 756. The van der Waals surface area contributed by atoms with Gasteiger partial charge in [0.1, 0.15) is 5.82 Å². The van der Waals surface area contributed by atoms with E-state index in [0.29, 0.717) is 6.54 Å². The lowest BCUT2D eigenvalue weighted by Gasteiger charge is -2.29. The zero-order valence-electron chi connectivity index (χ0n) is 16.3. The molecule has 1 aliphatic rings. The Balaban J connectivity index is 1.73. The number of aryl methyl sites for hydroxylation is 1. The fraction of sp³-hybridized carbons (Fsp3) is 0.526. The molecule has 0 atom stereocenters. The number of morpholine rings is 1. The summed E-state index contributed by atoms with van der Waals surface area (Å²) in [7, 11) is 2.04. The zero-order chi connectivity index (χ0) is 19.1. The van der Waals surface area contributed by atoms with Gasteiger partial charge in [0.15, 0.2) is 5.96 Å². The van der Waals surface area contributed by atoms with Crippen LogP contribution in [0.15, 0.2) is 28.7 Å². The Kier molecular flexibility index (Phi) is 7.00. The molecular weight excluding hydrogens is 360 g/mol. The van der Waals surface area contributed by atoms with Crippen LogP contribution in [-0.4, -0.2) is 60.7 Å². The first-order valence-corrected chi connectivity index (χ1v) is 10.2. The molecule has 3 heterocycles. The molecule has 1 saturated heterocycles. The molecule has 0 saturated carbocycles. The van der Waals surface area contributed by atoms with Gasteiger partial charge in [-0.15, -0.1) is 11.3 Å². The van der Waals surface area contributed by atoms with Gasteiger partial charge in [0.2, 0.25) is 0 Å². The first kappa shape index (κ1) is 19.6. The van der Waals surface area contributed by atoms with E-state index in [1.165, 1.54) is 0 Å². The zero-order valence-corrected chi connectivity index (χ0v) is 17.1. The van der Waals surface area contributed by atoms with Crippen LogP contribution < -0.4 is 10.2 Å². The lowest BCUT2D eigenvalue weighted by atomic mass is 10.2. The predicted octanol–water partition coefficient (Wildman–Crippen LogP) is 2.28. The Hall–Kier alpha value is -2.19. The molecule has 146 valence electrons. The summed E-state index contributed by atoms with van der Waals surface area (Å²) in [5.74, 6) is 1.89. The van der Waals surface area contributed by atoms with Gasteiger partial charge in [0.05, 0.1) is 37.0 Å². The molecule has 0 bridgehead atoms. The quantitative estimate of drug-likeness (QED) is 0.605. The fourth-order valence-electron chi connectivity index (χ4n) is 3.04. The largest absolute Gasteiger partial charge is 0.378 e. The van der Waals surface area contributed by atoms with Crippen LogP contribution in [0.4, 0.5) is 5.82 Å². The van der Waals surface area contributed by atoms with Crippen molar-refractivity contribution in [1.29, 1.82) is 0 Å². The van der Waals surface area contributed by atoms with Gasteiger partial charge < -0.3 is 19.9 Å². The lowest BCUT2D eigenvalue weighted by Crippen LogP contribution is -2.39. The van der Waals surface area contributed by atoms with Crippen molar-refractivity contribution in [1.82, 2.24) is 20.2 Å². The number of nitrogens with one attached hydrogen (secondary N) is 1. The molecule has 1 aliphatic heterocycles. The highest BCUT2D eigenvalue weighted by atomic mass is 32.1. The number of aliphatic imine (C=N–C) groups is 1. The van der Waals surface area contributed by atoms with Crippen molar-refractivity contribution in [3.63, 3.8) is 0 Å². The van der Waals surface area contributed by atoms with Crippen LogP contribution in [0, 0.1) is 6.92 Å². The van der Waals surface area contributed by atoms with Crippen molar-refractivity contribution in [3.8, 4) is 0 Å². The van der Waals surface area contributed by atoms with Gasteiger partial charge in [-0.1, -0.05) is 6.07 Å². The van der Waals surface area contributed by atoms with E-state index in [1.54, 1.807) is 11.3 Å². The molecule has 1 fully saturated rings. The van der Waals surface area contributed by atoms with Gasteiger partial charge in [-0.3, -0.25) is 0 Å². The van der Waals surface area contributed by atoms with Crippen molar-refractivity contribution in [2.24, 2.45) is 4.99 Å². The average molecular weight is 389 g/mol. The maximum atomic E-state index is 5.46. The number of aromatic nitrogens is 2. The van der Waals surface area contributed by atoms with Gasteiger partial charge in [0, 0.05) is 43.8 Å². The molecule has 0 aliphatic carbocycles. The highest BCUT2D eigenvalue weighted by Gasteiger charge is 2.16. The molecule has 3 rings (SSSR count). The van der Waals surface area contributed by atoms with E-state index in [4.69, 9.17) is 9.73 Å². The molecule has 2 aromatic heterocycles. The van der Waals surface area contributed by atoms with E-state index in [2.05, 4.69) is 43.5 Å². The molecular formula is C19H28N6OS. The smallest absolute Gasteiger partial charge is 0.194 e. The third-order valence-electron chi connectivity index (χ3n) is 4.34. The Morgan fingerprint density at radius 3 is 2.93 bits per heavy atom. The van der Waals surface area contributed by atoms with Crippen molar-refractivity contribution >= 4 is 23.1 Å². The number of hydrogen-bond donors (Lipinski definition) is 1. The summed E-state index contributed by atoms with van der Waals surface area (Å²) in [4.78, 5) is 18.4. The molecule has 0 spiro atoms. The number of rotatable bonds is 6. The minimum Gasteiger partial charge on any atom is -0.378 e. The number of thiazole rings is 1. The third kappa shape index (κ3) is 5.40. The van der Waals surface area contributed by atoms with Crippen LogP contribution in [0.3, 0.4) is 0 Å². The molecule has 7 nitrogen and oxygen atoms in total. The summed E-state index contributed by atoms with van der Waals surface area (Å²) in [6.45, 7) is 9.50. The second-order valence-corrected chi connectivity index (χ2v) is 7.53. The van der Waals surface area contributed by atoms with Gasteiger partial charge in [-0.05, 0) is 19.9 Å². The number of pyridine rings is 1. The summed E-state index contributed by atoms with van der Waals surface area (Å²) < 4.78 is 5.46. The van der Waals surface area contributed by atoms with Crippen LogP contribution in [0.2, 0.25) is 0 Å². The minimum atomic E-state index is 0.587. The predicted molar refractivity (Wildman–Crippen MR) is 110 cm³/mol. The van der Waals surface area contributed by atoms with E-state index >= 15 is 0 Å². The summed E-state index contributed by atoms with van der Waals surface area (Å²) in [5, 5.41) is 6.57. The number of hydrogen-bond acceptors (Lipinski definition) is 6. The number of ether oxygens (including phenoxy) is 1. The monoisotopic (exact) mass is 388 g/mol. The molecule has 0 unspecified atom stereocenters. The minimum absolute atomic E-state index is 0.587. The molecule has 0 amide bonds. The van der Waals surface area contributed by atoms with E-state index in [-0.39, 0.29) is 0 Å². The third-order valence-corrected chi connectivity index (χ3v) is 5.16. The highest BCUT2D eigenvalue weighted by molar-refractivity contribution is 7.09. The first-order valence-electron chi connectivity index (χ1n) is 9.34. The van der Waals surface area contributed by atoms with Gasteiger partial charge >= 0.3 is 0 Å². The van der Waals surface area contributed by atoms with Crippen molar-refractivity contribution in [3.05, 3.63) is 40.0 Å². The summed E-state index contributed by atoms with van der Waals surface area (Å²) >= 11 is 1.68. The second kappa shape index (κ2) is 9.66. The van der Waals surface area contributed by atoms with Crippen LogP contribution in [-0.2, 0) is 17.8 Å². The number of guanidine groups is 1.